The van der Waals surface area contributed by atoms with Crippen LogP contribution in [-0.4, -0.2) is 54.1 Å². The number of nitrogens with zero attached hydrogens (tertiary/aromatic N) is 3. The molecule has 0 saturated carbocycles. The molecule has 1 atom stereocenters. The second-order valence-electron chi connectivity index (χ2n) is 7.14. The standard InChI is InChI=1S/C16H30N4S/c1-7-12-14(10-17-16(2,3)4)21-15(18-12)13-11-19(5)8-9-20(13)6/h13,17H,7-11H2,1-6H3. The third-order valence-electron chi connectivity index (χ3n) is 4.05. The summed E-state index contributed by atoms with van der Waals surface area (Å²) in [7, 11) is 4.42. The van der Waals surface area contributed by atoms with E-state index in [-0.39, 0.29) is 5.54 Å². The minimum atomic E-state index is 0.150. The van der Waals surface area contributed by atoms with Crippen molar-refractivity contribution in [2.75, 3.05) is 33.7 Å². The van der Waals surface area contributed by atoms with Crippen LogP contribution >= 0.6 is 11.3 Å². The zero-order valence-electron chi connectivity index (χ0n) is 14.4. The van der Waals surface area contributed by atoms with E-state index in [1.807, 2.05) is 11.3 Å². The van der Waals surface area contributed by atoms with Gasteiger partial charge in [-0.3, -0.25) is 4.90 Å². The van der Waals surface area contributed by atoms with E-state index in [0.29, 0.717) is 6.04 Å². The Bertz CT molecular complexity index is 463. The van der Waals surface area contributed by atoms with Gasteiger partial charge < -0.3 is 10.2 Å². The average molecular weight is 311 g/mol. The first-order valence-electron chi connectivity index (χ1n) is 7.92. The van der Waals surface area contributed by atoms with Crippen molar-refractivity contribution in [2.24, 2.45) is 0 Å². The maximum absolute atomic E-state index is 4.95. The van der Waals surface area contributed by atoms with E-state index >= 15 is 0 Å². The topological polar surface area (TPSA) is 31.4 Å². The highest BCUT2D eigenvalue weighted by atomic mass is 32.1. The van der Waals surface area contributed by atoms with Crippen molar-refractivity contribution in [3.05, 3.63) is 15.6 Å². The molecule has 1 aliphatic heterocycles. The number of nitrogens with one attached hydrogen (secondary N) is 1. The zero-order chi connectivity index (χ0) is 15.6. The van der Waals surface area contributed by atoms with Crippen molar-refractivity contribution in [3.63, 3.8) is 0 Å². The molecule has 2 heterocycles. The minimum absolute atomic E-state index is 0.150. The van der Waals surface area contributed by atoms with Crippen molar-refractivity contribution < 1.29 is 0 Å². The van der Waals surface area contributed by atoms with Gasteiger partial charge in [0.05, 0.1) is 11.7 Å². The third kappa shape index (κ3) is 4.49. The molecular weight excluding hydrogens is 280 g/mol. The molecule has 1 saturated heterocycles. The Hall–Kier alpha value is -0.490. The predicted octanol–water partition coefficient (Wildman–Crippen LogP) is 2.51. The van der Waals surface area contributed by atoms with Crippen molar-refractivity contribution in [1.29, 1.82) is 0 Å². The highest BCUT2D eigenvalue weighted by Crippen LogP contribution is 2.30. The van der Waals surface area contributed by atoms with Crippen LogP contribution in [-0.2, 0) is 13.0 Å². The van der Waals surface area contributed by atoms with Crippen LogP contribution in [0.15, 0.2) is 0 Å². The number of hydrogen-bond donors (Lipinski definition) is 1. The SMILES string of the molecule is CCc1nc(C2CN(C)CCN2C)sc1CNC(C)(C)C. The molecule has 1 aliphatic rings. The minimum Gasteiger partial charge on any atom is -0.307 e. The summed E-state index contributed by atoms with van der Waals surface area (Å²) < 4.78 is 0. The van der Waals surface area contributed by atoms with Crippen molar-refractivity contribution >= 4 is 11.3 Å². The summed E-state index contributed by atoms with van der Waals surface area (Å²) in [4.78, 5) is 11.2. The number of aryl methyl sites for hydroxylation is 1. The molecule has 21 heavy (non-hydrogen) atoms. The summed E-state index contributed by atoms with van der Waals surface area (Å²) in [5.74, 6) is 0. The number of hydrogen-bond acceptors (Lipinski definition) is 5. The molecule has 1 N–H and O–H groups in total. The average Bonchev–Trinajstić information content (AvgIpc) is 2.81. The fourth-order valence-corrected chi connectivity index (χ4v) is 3.83. The lowest BCUT2D eigenvalue weighted by atomic mass is 10.1. The van der Waals surface area contributed by atoms with Gasteiger partial charge in [0, 0.05) is 36.6 Å². The molecule has 0 radical (unpaired) electrons. The van der Waals surface area contributed by atoms with Crippen LogP contribution in [0.5, 0.6) is 0 Å². The van der Waals surface area contributed by atoms with E-state index in [2.05, 4.69) is 56.9 Å². The normalized spacial score (nSPS) is 21.9. The molecular formula is C16H30N4S. The van der Waals surface area contributed by atoms with Crippen LogP contribution in [0.25, 0.3) is 0 Å². The van der Waals surface area contributed by atoms with E-state index in [1.165, 1.54) is 15.6 Å². The first kappa shape index (κ1) is 16.9. The van der Waals surface area contributed by atoms with Crippen molar-refractivity contribution in [1.82, 2.24) is 20.1 Å². The Morgan fingerprint density at radius 2 is 2.00 bits per heavy atom. The Balaban J connectivity index is 2.15. The van der Waals surface area contributed by atoms with Crippen LogP contribution in [0.4, 0.5) is 0 Å². The molecule has 0 amide bonds. The third-order valence-corrected chi connectivity index (χ3v) is 5.24. The van der Waals surface area contributed by atoms with Gasteiger partial charge in [-0.05, 0) is 41.3 Å². The quantitative estimate of drug-likeness (QED) is 0.926. The van der Waals surface area contributed by atoms with Crippen LogP contribution in [0.3, 0.4) is 0 Å². The molecule has 2 rings (SSSR count). The number of thiazole rings is 1. The van der Waals surface area contributed by atoms with E-state index < -0.39 is 0 Å². The van der Waals surface area contributed by atoms with Gasteiger partial charge in [-0.25, -0.2) is 4.98 Å². The molecule has 4 nitrogen and oxygen atoms in total. The molecule has 0 spiro atoms. The van der Waals surface area contributed by atoms with Gasteiger partial charge in [-0.1, -0.05) is 6.92 Å². The molecule has 0 bridgehead atoms. The van der Waals surface area contributed by atoms with Gasteiger partial charge in [0.2, 0.25) is 0 Å². The monoisotopic (exact) mass is 310 g/mol. The number of piperazine rings is 1. The number of rotatable bonds is 4. The Morgan fingerprint density at radius 3 is 2.62 bits per heavy atom. The van der Waals surface area contributed by atoms with E-state index in [1.54, 1.807) is 0 Å². The molecule has 120 valence electrons. The van der Waals surface area contributed by atoms with Gasteiger partial charge in [-0.15, -0.1) is 11.3 Å². The number of likely N-dealkylation sites (N-methyl/N-ethyl adjacent to an activating group) is 2. The highest BCUT2D eigenvalue weighted by Gasteiger charge is 2.27. The first-order chi connectivity index (χ1) is 9.80. The van der Waals surface area contributed by atoms with Gasteiger partial charge in [-0.2, -0.15) is 0 Å². The molecule has 1 fully saturated rings. The Kier molecular flexibility index (Phi) is 5.41. The smallest absolute Gasteiger partial charge is 0.112 e. The lowest BCUT2D eigenvalue weighted by molar-refractivity contribution is 0.115. The first-order valence-corrected chi connectivity index (χ1v) is 8.74. The molecule has 0 aromatic carbocycles. The van der Waals surface area contributed by atoms with Crippen LogP contribution in [0, 0.1) is 0 Å². The zero-order valence-corrected chi connectivity index (χ0v) is 15.2. The fourth-order valence-electron chi connectivity index (χ4n) is 2.58. The van der Waals surface area contributed by atoms with Gasteiger partial charge >= 0.3 is 0 Å². The number of aromatic nitrogens is 1. The predicted molar refractivity (Wildman–Crippen MR) is 91.0 cm³/mol. The lowest BCUT2D eigenvalue weighted by Gasteiger charge is -2.36. The molecule has 0 aliphatic carbocycles. The van der Waals surface area contributed by atoms with E-state index in [9.17, 15) is 0 Å². The fraction of sp³-hybridized carbons (Fsp3) is 0.812. The molecule has 1 unspecified atom stereocenters. The second-order valence-corrected chi connectivity index (χ2v) is 8.25. The molecule has 5 heteroatoms. The van der Waals surface area contributed by atoms with Crippen molar-refractivity contribution in [2.45, 2.75) is 52.2 Å². The maximum Gasteiger partial charge on any atom is 0.112 e. The van der Waals surface area contributed by atoms with Gasteiger partial charge in [0.15, 0.2) is 0 Å². The summed E-state index contributed by atoms with van der Waals surface area (Å²) in [6.07, 6.45) is 1.02. The van der Waals surface area contributed by atoms with Crippen LogP contribution in [0.2, 0.25) is 0 Å². The van der Waals surface area contributed by atoms with E-state index in [0.717, 1.165) is 32.6 Å². The highest BCUT2D eigenvalue weighted by molar-refractivity contribution is 7.11. The Labute approximate surface area is 133 Å². The lowest BCUT2D eigenvalue weighted by Crippen LogP contribution is -2.44. The van der Waals surface area contributed by atoms with Crippen LogP contribution < -0.4 is 5.32 Å². The summed E-state index contributed by atoms with van der Waals surface area (Å²) in [6, 6.07) is 0.447. The van der Waals surface area contributed by atoms with Gasteiger partial charge in [0.25, 0.3) is 0 Å². The Morgan fingerprint density at radius 1 is 1.29 bits per heavy atom. The largest absolute Gasteiger partial charge is 0.307 e. The summed E-state index contributed by atoms with van der Waals surface area (Å²) >= 11 is 1.90. The van der Waals surface area contributed by atoms with E-state index in [4.69, 9.17) is 4.98 Å². The summed E-state index contributed by atoms with van der Waals surface area (Å²) in [5.41, 5.74) is 1.42. The summed E-state index contributed by atoms with van der Waals surface area (Å²) in [6.45, 7) is 13.1. The van der Waals surface area contributed by atoms with Crippen molar-refractivity contribution in [3.8, 4) is 0 Å². The second kappa shape index (κ2) is 6.73. The summed E-state index contributed by atoms with van der Waals surface area (Å²) in [5, 5.41) is 4.88. The molecule has 1 aromatic heterocycles. The molecule has 1 aromatic rings. The van der Waals surface area contributed by atoms with Crippen LogP contribution in [0.1, 0.15) is 49.3 Å². The van der Waals surface area contributed by atoms with Gasteiger partial charge in [0.1, 0.15) is 5.01 Å². The maximum atomic E-state index is 4.95.